The van der Waals surface area contributed by atoms with Crippen molar-refractivity contribution in [2.45, 2.75) is 0 Å². The molecule has 4 nitrogen and oxygen atoms in total. The number of ether oxygens (including phenoxy) is 1. The van der Waals surface area contributed by atoms with E-state index in [0.29, 0.717) is 5.69 Å². The Morgan fingerprint density at radius 3 is 2.62 bits per heavy atom. The van der Waals surface area contributed by atoms with Crippen molar-refractivity contribution in [3.05, 3.63) is 64.8 Å². The smallest absolute Gasteiger partial charge is 0.323 e. The number of hydrogen-bond acceptors (Lipinski definition) is 2. The Balaban J connectivity index is 1.86. The van der Waals surface area contributed by atoms with Crippen molar-refractivity contribution in [2.24, 2.45) is 0 Å². The zero-order valence-electron chi connectivity index (χ0n) is 11.5. The van der Waals surface area contributed by atoms with Crippen LogP contribution in [-0.4, -0.2) is 13.1 Å². The van der Waals surface area contributed by atoms with E-state index in [-0.39, 0.29) is 6.03 Å². The molecule has 2 aromatic carbocycles. The SMILES string of the molecule is COc1ccc(NC(=O)N/C=C/c2cccc(Br)c2)cc1. The van der Waals surface area contributed by atoms with Crippen molar-refractivity contribution in [1.82, 2.24) is 5.32 Å². The van der Waals surface area contributed by atoms with Crippen molar-refractivity contribution in [3.8, 4) is 5.75 Å². The first-order chi connectivity index (χ1) is 10.2. The third kappa shape index (κ3) is 4.96. The second-order valence-electron chi connectivity index (χ2n) is 4.22. The molecule has 0 atom stereocenters. The highest BCUT2D eigenvalue weighted by Crippen LogP contribution is 2.15. The first-order valence-corrected chi connectivity index (χ1v) is 7.10. The van der Waals surface area contributed by atoms with Gasteiger partial charge in [-0.15, -0.1) is 0 Å². The molecule has 2 N–H and O–H groups in total. The normalized spacial score (nSPS) is 10.4. The van der Waals surface area contributed by atoms with E-state index < -0.39 is 0 Å². The van der Waals surface area contributed by atoms with Gasteiger partial charge in [-0.1, -0.05) is 28.1 Å². The van der Waals surface area contributed by atoms with Gasteiger partial charge in [0.25, 0.3) is 0 Å². The van der Waals surface area contributed by atoms with Crippen molar-refractivity contribution in [1.29, 1.82) is 0 Å². The van der Waals surface area contributed by atoms with Crippen LogP contribution in [0.25, 0.3) is 6.08 Å². The molecule has 0 bridgehead atoms. The van der Waals surface area contributed by atoms with Gasteiger partial charge in [-0.25, -0.2) is 4.79 Å². The Morgan fingerprint density at radius 1 is 1.19 bits per heavy atom. The summed E-state index contributed by atoms with van der Waals surface area (Å²) in [5.41, 5.74) is 1.69. The molecule has 0 aliphatic heterocycles. The topological polar surface area (TPSA) is 50.4 Å². The largest absolute Gasteiger partial charge is 0.497 e. The number of nitrogens with one attached hydrogen (secondary N) is 2. The van der Waals surface area contributed by atoms with Gasteiger partial charge < -0.3 is 15.4 Å². The van der Waals surface area contributed by atoms with Crippen LogP contribution in [0.2, 0.25) is 0 Å². The van der Waals surface area contributed by atoms with E-state index in [4.69, 9.17) is 4.74 Å². The van der Waals surface area contributed by atoms with Gasteiger partial charge in [0, 0.05) is 16.4 Å². The lowest BCUT2D eigenvalue weighted by Crippen LogP contribution is -2.23. The summed E-state index contributed by atoms with van der Waals surface area (Å²) in [6.07, 6.45) is 3.42. The molecule has 0 heterocycles. The van der Waals surface area contributed by atoms with Gasteiger partial charge in [0.05, 0.1) is 7.11 Å². The van der Waals surface area contributed by atoms with Gasteiger partial charge in [0.1, 0.15) is 5.75 Å². The third-order valence-electron chi connectivity index (χ3n) is 2.69. The number of urea groups is 1. The van der Waals surface area contributed by atoms with Crippen LogP contribution in [0.1, 0.15) is 5.56 Å². The van der Waals surface area contributed by atoms with Gasteiger partial charge in [-0.2, -0.15) is 0 Å². The van der Waals surface area contributed by atoms with Crippen LogP contribution in [0.3, 0.4) is 0 Å². The quantitative estimate of drug-likeness (QED) is 0.869. The number of methoxy groups -OCH3 is 1. The minimum atomic E-state index is -0.300. The second kappa shape index (κ2) is 7.50. The number of carbonyl (C=O) groups is 1. The summed E-state index contributed by atoms with van der Waals surface area (Å²) in [7, 11) is 1.60. The molecular formula is C16H15BrN2O2. The molecule has 21 heavy (non-hydrogen) atoms. The summed E-state index contributed by atoms with van der Waals surface area (Å²) in [6.45, 7) is 0. The second-order valence-corrected chi connectivity index (χ2v) is 5.13. The number of carbonyl (C=O) groups excluding carboxylic acids is 1. The van der Waals surface area contributed by atoms with Crippen LogP contribution in [0.15, 0.2) is 59.2 Å². The highest BCUT2D eigenvalue weighted by atomic mass is 79.9. The maximum Gasteiger partial charge on any atom is 0.323 e. The molecule has 108 valence electrons. The lowest BCUT2D eigenvalue weighted by molar-refractivity contribution is 0.255. The molecule has 0 fully saturated rings. The Morgan fingerprint density at radius 2 is 1.95 bits per heavy atom. The molecule has 0 saturated carbocycles. The van der Waals surface area contributed by atoms with E-state index >= 15 is 0 Å². The first-order valence-electron chi connectivity index (χ1n) is 6.31. The van der Waals surface area contributed by atoms with E-state index in [1.54, 1.807) is 37.6 Å². The molecule has 0 unspecified atom stereocenters. The summed E-state index contributed by atoms with van der Waals surface area (Å²) in [5.74, 6) is 0.746. The van der Waals surface area contributed by atoms with Crippen LogP contribution in [0.4, 0.5) is 10.5 Å². The summed E-state index contributed by atoms with van der Waals surface area (Å²) >= 11 is 3.40. The summed E-state index contributed by atoms with van der Waals surface area (Å²) < 4.78 is 6.05. The third-order valence-corrected chi connectivity index (χ3v) is 3.18. The number of amides is 2. The average Bonchev–Trinajstić information content (AvgIpc) is 2.48. The maximum absolute atomic E-state index is 11.7. The van der Waals surface area contributed by atoms with E-state index in [9.17, 15) is 4.79 Å². The van der Waals surface area contributed by atoms with E-state index in [1.807, 2.05) is 30.3 Å². The molecule has 0 radical (unpaired) electrons. The minimum Gasteiger partial charge on any atom is -0.497 e. The molecule has 0 aliphatic carbocycles. The Labute approximate surface area is 132 Å². The predicted molar refractivity (Wildman–Crippen MR) is 88.3 cm³/mol. The average molecular weight is 347 g/mol. The Kier molecular flexibility index (Phi) is 5.40. The maximum atomic E-state index is 11.7. The molecular weight excluding hydrogens is 332 g/mol. The highest BCUT2D eigenvalue weighted by molar-refractivity contribution is 9.10. The fourth-order valence-electron chi connectivity index (χ4n) is 1.67. The van der Waals surface area contributed by atoms with Gasteiger partial charge in [-0.05, 0) is 48.0 Å². The van der Waals surface area contributed by atoms with Crippen molar-refractivity contribution in [2.75, 3.05) is 12.4 Å². The van der Waals surface area contributed by atoms with Gasteiger partial charge in [-0.3, -0.25) is 0 Å². The van der Waals surface area contributed by atoms with Crippen molar-refractivity contribution in [3.63, 3.8) is 0 Å². The van der Waals surface area contributed by atoms with Crippen molar-refractivity contribution >= 4 is 33.7 Å². The number of halogens is 1. The molecule has 0 aromatic heterocycles. The van der Waals surface area contributed by atoms with Crippen LogP contribution in [0, 0.1) is 0 Å². The Bertz CT molecular complexity index is 639. The number of rotatable bonds is 4. The van der Waals surface area contributed by atoms with Crippen LogP contribution < -0.4 is 15.4 Å². The fraction of sp³-hybridized carbons (Fsp3) is 0.0625. The van der Waals surface area contributed by atoms with E-state index in [0.717, 1.165) is 15.8 Å². The van der Waals surface area contributed by atoms with Crippen molar-refractivity contribution < 1.29 is 9.53 Å². The first kappa shape index (κ1) is 15.1. The zero-order valence-corrected chi connectivity index (χ0v) is 13.1. The van der Waals surface area contributed by atoms with Crippen LogP contribution in [-0.2, 0) is 0 Å². The standard InChI is InChI=1S/C16H15BrN2O2/c1-21-15-7-5-14(6-8-15)19-16(20)18-10-9-12-3-2-4-13(17)11-12/h2-11H,1H3,(H2,18,19,20)/b10-9+. The predicted octanol–water partition coefficient (Wildman–Crippen LogP) is 4.25. The van der Waals surface area contributed by atoms with Gasteiger partial charge >= 0.3 is 6.03 Å². The molecule has 2 rings (SSSR count). The fourth-order valence-corrected chi connectivity index (χ4v) is 2.08. The molecule has 0 spiro atoms. The van der Waals surface area contributed by atoms with Gasteiger partial charge in [0.2, 0.25) is 0 Å². The Hall–Kier alpha value is -2.27. The zero-order chi connectivity index (χ0) is 15.1. The lowest BCUT2D eigenvalue weighted by atomic mass is 10.2. The van der Waals surface area contributed by atoms with Crippen LogP contribution >= 0.6 is 15.9 Å². The van der Waals surface area contributed by atoms with Crippen LogP contribution in [0.5, 0.6) is 5.75 Å². The lowest BCUT2D eigenvalue weighted by Gasteiger charge is -2.05. The number of anilines is 1. The monoisotopic (exact) mass is 346 g/mol. The molecule has 0 aliphatic rings. The number of hydrogen-bond donors (Lipinski definition) is 2. The van der Waals surface area contributed by atoms with E-state index in [2.05, 4.69) is 26.6 Å². The minimum absolute atomic E-state index is 0.300. The molecule has 2 amide bonds. The highest BCUT2D eigenvalue weighted by Gasteiger charge is 1.99. The number of benzene rings is 2. The summed E-state index contributed by atoms with van der Waals surface area (Å²) in [5, 5.41) is 5.38. The summed E-state index contributed by atoms with van der Waals surface area (Å²) in [6, 6.07) is 14.6. The summed E-state index contributed by atoms with van der Waals surface area (Å²) in [4.78, 5) is 11.7. The molecule has 2 aromatic rings. The van der Waals surface area contributed by atoms with E-state index in [1.165, 1.54) is 0 Å². The molecule has 5 heteroatoms. The van der Waals surface area contributed by atoms with Gasteiger partial charge in [0.15, 0.2) is 0 Å². The molecule has 0 saturated heterocycles.